The zero-order valence-electron chi connectivity index (χ0n) is 15.7. The maximum atomic E-state index is 11.2. The maximum absolute atomic E-state index is 11.2. The highest BCUT2D eigenvalue weighted by atomic mass is 79.9. The summed E-state index contributed by atoms with van der Waals surface area (Å²) in [5.41, 5.74) is 3.29. The molecule has 0 aromatic heterocycles. The van der Waals surface area contributed by atoms with Crippen molar-refractivity contribution in [2.24, 2.45) is 5.10 Å². The fraction of sp³-hybridized carbons (Fsp3) is 0.0500. The minimum Gasteiger partial charge on any atom is -0.488 e. The number of benzene rings is 3. The normalized spacial score (nSPS) is 10.8. The van der Waals surface area contributed by atoms with Crippen molar-refractivity contribution in [1.29, 1.82) is 0 Å². The molecule has 0 aliphatic heterocycles. The van der Waals surface area contributed by atoms with E-state index in [0.29, 0.717) is 27.4 Å². The van der Waals surface area contributed by atoms with Gasteiger partial charge in [-0.25, -0.2) is 0 Å². The van der Waals surface area contributed by atoms with E-state index < -0.39 is 15.5 Å². The lowest BCUT2D eigenvalue weighted by atomic mass is 10.2. The number of hydrogen-bond donors (Lipinski definition) is 1. The number of halogens is 2. The lowest BCUT2D eigenvalue weighted by Gasteiger charge is -2.10. The second kappa shape index (κ2) is 10.0. The number of anilines is 1. The summed E-state index contributed by atoms with van der Waals surface area (Å²) in [5.74, 6) is 0.607. The monoisotopic (exact) mass is 504 g/mol. The maximum Gasteiger partial charge on any atom is 0.301 e. The molecule has 3 aromatic carbocycles. The third-order valence-electron chi connectivity index (χ3n) is 4.08. The van der Waals surface area contributed by atoms with Gasteiger partial charge in [0.1, 0.15) is 18.0 Å². The molecule has 0 unspecified atom stereocenters. The van der Waals surface area contributed by atoms with Gasteiger partial charge in [0.25, 0.3) is 5.69 Å². The Morgan fingerprint density at radius 2 is 1.84 bits per heavy atom. The van der Waals surface area contributed by atoms with E-state index in [1.165, 1.54) is 12.3 Å². The molecule has 0 spiro atoms. The van der Waals surface area contributed by atoms with Crippen molar-refractivity contribution in [2.45, 2.75) is 6.61 Å². The summed E-state index contributed by atoms with van der Waals surface area (Å²) >= 11 is 9.56. The highest BCUT2D eigenvalue weighted by Gasteiger charge is 2.19. The number of nitrogens with one attached hydrogen (secondary N) is 1. The van der Waals surface area contributed by atoms with Crippen molar-refractivity contribution in [3.05, 3.63) is 102 Å². The van der Waals surface area contributed by atoms with E-state index in [0.717, 1.165) is 17.7 Å². The number of ether oxygens (including phenoxy) is 1. The summed E-state index contributed by atoms with van der Waals surface area (Å²) in [5, 5.41) is 26.6. The molecule has 0 bridgehead atoms. The van der Waals surface area contributed by atoms with E-state index in [-0.39, 0.29) is 11.4 Å². The molecule has 0 aliphatic carbocycles. The Morgan fingerprint density at radius 1 is 1.06 bits per heavy atom. The number of nitrogens with zero attached hydrogens (tertiary/aromatic N) is 3. The average molecular weight is 506 g/mol. The highest BCUT2D eigenvalue weighted by Crippen LogP contribution is 2.29. The van der Waals surface area contributed by atoms with Gasteiger partial charge in [0.15, 0.2) is 0 Å². The standard InChI is InChI=1S/C20H14BrClN4O5/c21-16-9-13(5-8-20(16)31-12-14-3-1-2-4-17(14)22)11-23-24-18-7-6-15(25(27)28)10-19(18)26(29)30/h1-11,24H,12H2/b23-11+. The number of non-ortho nitro benzene ring substituents is 1. The van der Waals surface area contributed by atoms with Crippen LogP contribution in [0.1, 0.15) is 11.1 Å². The van der Waals surface area contributed by atoms with E-state index in [2.05, 4.69) is 26.5 Å². The van der Waals surface area contributed by atoms with Gasteiger partial charge in [0, 0.05) is 16.7 Å². The Kier molecular flexibility index (Phi) is 7.16. The molecule has 11 heteroatoms. The van der Waals surface area contributed by atoms with Crippen LogP contribution in [-0.4, -0.2) is 16.1 Å². The molecule has 3 rings (SSSR count). The fourth-order valence-electron chi connectivity index (χ4n) is 2.54. The first-order valence-corrected chi connectivity index (χ1v) is 9.90. The minimum atomic E-state index is -0.716. The van der Waals surface area contributed by atoms with Gasteiger partial charge >= 0.3 is 5.69 Å². The van der Waals surface area contributed by atoms with Crippen LogP contribution in [0.3, 0.4) is 0 Å². The number of hydrogen-bond acceptors (Lipinski definition) is 7. The van der Waals surface area contributed by atoms with Crippen molar-refractivity contribution in [3.63, 3.8) is 0 Å². The Bertz CT molecular complexity index is 1170. The second-order valence-electron chi connectivity index (χ2n) is 6.16. The number of nitro benzene ring substituents is 2. The molecule has 0 saturated carbocycles. The predicted molar refractivity (Wildman–Crippen MR) is 121 cm³/mol. The SMILES string of the molecule is O=[N+]([O-])c1ccc(N/N=C/c2ccc(OCc3ccccc3Cl)c(Br)c2)c([N+](=O)[O-])c1. The largest absolute Gasteiger partial charge is 0.488 e. The van der Waals surface area contributed by atoms with E-state index in [1.807, 2.05) is 18.2 Å². The van der Waals surface area contributed by atoms with Gasteiger partial charge in [0.2, 0.25) is 0 Å². The van der Waals surface area contributed by atoms with Crippen molar-refractivity contribution >= 4 is 50.8 Å². The van der Waals surface area contributed by atoms with Gasteiger partial charge in [-0.2, -0.15) is 5.10 Å². The summed E-state index contributed by atoms with van der Waals surface area (Å²) in [6.07, 6.45) is 1.45. The van der Waals surface area contributed by atoms with E-state index in [1.54, 1.807) is 24.3 Å². The molecule has 0 aliphatic rings. The number of hydrazone groups is 1. The third-order valence-corrected chi connectivity index (χ3v) is 5.07. The Labute approximate surface area is 189 Å². The molecule has 0 heterocycles. The van der Waals surface area contributed by atoms with Gasteiger partial charge in [-0.1, -0.05) is 29.8 Å². The van der Waals surface area contributed by atoms with Crippen molar-refractivity contribution in [2.75, 3.05) is 5.43 Å². The van der Waals surface area contributed by atoms with Crippen LogP contribution < -0.4 is 10.2 Å². The van der Waals surface area contributed by atoms with Gasteiger partial charge in [-0.3, -0.25) is 25.7 Å². The van der Waals surface area contributed by atoms with Crippen LogP contribution in [0.15, 0.2) is 70.2 Å². The summed E-state index contributed by atoms with van der Waals surface area (Å²) in [4.78, 5) is 20.5. The molecule has 3 aromatic rings. The highest BCUT2D eigenvalue weighted by molar-refractivity contribution is 9.10. The lowest BCUT2D eigenvalue weighted by Crippen LogP contribution is -1.99. The Balaban J connectivity index is 1.68. The first-order valence-electron chi connectivity index (χ1n) is 8.73. The smallest absolute Gasteiger partial charge is 0.301 e. The fourth-order valence-corrected chi connectivity index (χ4v) is 3.24. The van der Waals surface area contributed by atoms with Crippen LogP contribution in [0.25, 0.3) is 0 Å². The third kappa shape index (κ3) is 5.77. The van der Waals surface area contributed by atoms with Crippen LogP contribution in [-0.2, 0) is 6.61 Å². The van der Waals surface area contributed by atoms with Gasteiger partial charge in [-0.15, -0.1) is 0 Å². The summed E-state index contributed by atoms with van der Waals surface area (Å²) in [6, 6.07) is 15.9. The van der Waals surface area contributed by atoms with E-state index in [4.69, 9.17) is 16.3 Å². The molecule has 0 fully saturated rings. The predicted octanol–water partition coefficient (Wildman–Crippen LogP) is 5.94. The Hall–Kier alpha value is -3.50. The molecule has 31 heavy (non-hydrogen) atoms. The first kappa shape index (κ1) is 22.2. The van der Waals surface area contributed by atoms with Crippen LogP contribution in [0.2, 0.25) is 5.02 Å². The summed E-state index contributed by atoms with van der Waals surface area (Å²) in [7, 11) is 0. The second-order valence-corrected chi connectivity index (χ2v) is 7.42. The number of nitro groups is 2. The van der Waals surface area contributed by atoms with Crippen molar-refractivity contribution in [3.8, 4) is 5.75 Å². The van der Waals surface area contributed by atoms with E-state index in [9.17, 15) is 20.2 Å². The molecule has 0 atom stereocenters. The van der Waals surface area contributed by atoms with Crippen LogP contribution in [0.4, 0.5) is 17.1 Å². The zero-order valence-corrected chi connectivity index (χ0v) is 18.0. The molecular formula is C20H14BrClN4O5. The minimum absolute atomic E-state index is 0.0330. The topological polar surface area (TPSA) is 120 Å². The number of rotatable bonds is 8. The molecule has 9 nitrogen and oxygen atoms in total. The average Bonchev–Trinajstić information content (AvgIpc) is 2.74. The Morgan fingerprint density at radius 3 is 2.52 bits per heavy atom. The van der Waals surface area contributed by atoms with Gasteiger partial charge in [0.05, 0.1) is 26.6 Å². The summed E-state index contributed by atoms with van der Waals surface area (Å²) < 4.78 is 6.47. The molecule has 1 N–H and O–H groups in total. The lowest BCUT2D eigenvalue weighted by molar-refractivity contribution is -0.393. The van der Waals surface area contributed by atoms with Crippen LogP contribution >= 0.6 is 27.5 Å². The van der Waals surface area contributed by atoms with Gasteiger partial charge < -0.3 is 4.74 Å². The van der Waals surface area contributed by atoms with Crippen molar-refractivity contribution in [1.82, 2.24) is 0 Å². The quantitative estimate of drug-likeness (QED) is 0.230. The molecule has 158 valence electrons. The van der Waals surface area contributed by atoms with Crippen LogP contribution in [0.5, 0.6) is 5.75 Å². The summed E-state index contributed by atoms with van der Waals surface area (Å²) in [6.45, 7) is 0.303. The van der Waals surface area contributed by atoms with E-state index >= 15 is 0 Å². The van der Waals surface area contributed by atoms with Crippen LogP contribution in [0, 0.1) is 20.2 Å². The van der Waals surface area contributed by atoms with Crippen molar-refractivity contribution < 1.29 is 14.6 Å². The first-order chi connectivity index (χ1) is 14.8. The van der Waals surface area contributed by atoms with Gasteiger partial charge in [-0.05, 0) is 51.8 Å². The molecule has 0 amide bonds. The zero-order chi connectivity index (χ0) is 22.4. The molecule has 0 saturated heterocycles. The molecular weight excluding hydrogens is 492 g/mol. The molecule has 0 radical (unpaired) electrons.